The highest BCUT2D eigenvalue weighted by Gasteiger charge is 2.26. The van der Waals surface area contributed by atoms with Crippen LogP contribution in [0.5, 0.6) is 17.2 Å². The lowest BCUT2D eigenvalue weighted by Gasteiger charge is -2.10. The number of hydrogen-bond acceptors (Lipinski definition) is 5. The molecule has 1 aromatic carbocycles. The molecule has 2 aromatic heterocycles. The summed E-state index contributed by atoms with van der Waals surface area (Å²) in [6.45, 7) is 0. The van der Waals surface area contributed by atoms with Crippen molar-refractivity contribution >= 4 is 11.5 Å². The topological polar surface area (TPSA) is 90.0 Å². The van der Waals surface area contributed by atoms with Gasteiger partial charge in [-0.2, -0.15) is 0 Å². The fraction of sp³-hybridized carbons (Fsp3) is 0.188. The van der Waals surface area contributed by atoms with Gasteiger partial charge in [0.25, 0.3) is 0 Å². The molecule has 2 heterocycles. The van der Waals surface area contributed by atoms with Crippen molar-refractivity contribution in [2.75, 3.05) is 5.32 Å². The van der Waals surface area contributed by atoms with Gasteiger partial charge in [0.05, 0.1) is 0 Å². The number of hydrogen-bond donors (Lipinski definition) is 4. The molecule has 112 valence electrons. The highest BCUT2D eigenvalue weighted by molar-refractivity contribution is 5.83. The van der Waals surface area contributed by atoms with Crippen molar-refractivity contribution in [2.45, 2.75) is 18.9 Å². The second-order valence-electron chi connectivity index (χ2n) is 5.49. The molecule has 4 N–H and O–H groups in total. The first-order valence-electron chi connectivity index (χ1n) is 7.13. The number of phenols is 3. The standard InChI is InChI=1S/C16H15N3O3/c20-11-7-6-10(14(21)15(11)22)13-16(17-9-4-5-9)19-8-2-1-3-12(19)18-13/h1-3,6-9,17,20-22H,4-5H2. The highest BCUT2D eigenvalue weighted by atomic mass is 16.3. The van der Waals surface area contributed by atoms with E-state index in [2.05, 4.69) is 10.3 Å². The molecule has 4 rings (SSSR count). The number of anilines is 1. The van der Waals surface area contributed by atoms with Gasteiger partial charge in [-0.15, -0.1) is 0 Å². The van der Waals surface area contributed by atoms with Crippen LogP contribution in [0.4, 0.5) is 5.82 Å². The van der Waals surface area contributed by atoms with E-state index >= 15 is 0 Å². The number of phenolic OH excluding ortho intramolecular Hbond substituents is 3. The van der Waals surface area contributed by atoms with E-state index in [9.17, 15) is 15.3 Å². The molecule has 0 unspecified atom stereocenters. The largest absolute Gasteiger partial charge is 0.504 e. The number of benzene rings is 1. The van der Waals surface area contributed by atoms with Crippen molar-refractivity contribution in [1.82, 2.24) is 9.38 Å². The lowest BCUT2D eigenvalue weighted by molar-refractivity contribution is 0.369. The Morgan fingerprint density at radius 2 is 1.86 bits per heavy atom. The van der Waals surface area contributed by atoms with Crippen molar-refractivity contribution in [2.24, 2.45) is 0 Å². The molecule has 0 bridgehead atoms. The van der Waals surface area contributed by atoms with Crippen molar-refractivity contribution in [3.63, 3.8) is 0 Å². The van der Waals surface area contributed by atoms with Crippen LogP contribution in [-0.4, -0.2) is 30.7 Å². The Hall–Kier alpha value is -2.89. The van der Waals surface area contributed by atoms with E-state index < -0.39 is 5.75 Å². The van der Waals surface area contributed by atoms with Gasteiger partial charge in [-0.25, -0.2) is 4.98 Å². The zero-order valence-corrected chi connectivity index (χ0v) is 11.7. The van der Waals surface area contributed by atoms with Crippen LogP contribution in [0.25, 0.3) is 16.9 Å². The summed E-state index contributed by atoms with van der Waals surface area (Å²) in [6, 6.07) is 8.97. The molecule has 0 spiro atoms. The Labute approximate surface area is 126 Å². The first-order valence-corrected chi connectivity index (χ1v) is 7.13. The number of rotatable bonds is 3. The van der Waals surface area contributed by atoms with Gasteiger partial charge in [0.15, 0.2) is 11.5 Å². The van der Waals surface area contributed by atoms with Gasteiger partial charge in [0, 0.05) is 17.8 Å². The maximum atomic E-state index is 10.1. The molecule has 0 radical (unpaired) electrons. The number of imidazole rings is 1. The molecule has 1 fully saturated rings. The molecular weight excluding hydrogens is 282 g/mol. The average Bonchev–Trinajstić information content (AvgIpc) is 3.27. The summed E-state index contributed by atoms with van der Waals surface area (Å²) in [7, 11) is 0. The van der Waals surface area contributed by atoms with Crippen LogP contribution >= 0.6 is 0 Å². The van der Waals surface area contributed by atoms with E-state index in [0.717, 1.165) is 24.3 Å². The molecule has 1 saturated carbocycles. The van der Waals surface area contributed by atoms with E-state index in [1.54, 1.807) is 6.07 Å². The van der Waals surface area contributed by atoms with Crippen LogP contribution in [-0.2, 0) is 0 Å². The van der Waals surface area contributed by atoms with Crippen molar-refractivity contribution in [3.05, 3.63) is 36.5 Å². The average molecular weight is 297 g/mol. The Kier molecular flexibility index (Phi) is 2.66. The maximum absolute atomic E-state index is 10.1. The molecule has 0 saturated heterocycles. The van der Waals surface area contributed by atoms with Crippen LogP contribution in [0, 0.1) is 0 Å². The van der Waals surface area contributed by atoms with E-state index in [1.807, 2.05) is 28.8 Å². The molecule has 0 atom stereocenters. The third kappa shape index (κ3) is 1.92. The quantitative estimate of drug-likeness (QED) is 0.558. The van der Waals surface area contributed by atoms with Gasteiger partial charge in [-0.3, -0.25) is 4.40 Å². The molecular formula is C16H15N3O3. The Morgan fingerprint density at radius 1 is 1.05 bits per heavy atom. The van der Waals surface area contributed by atoms with Crippen LogP contribution < -0.4 is 5.32 Å². The summed E-state index contributed by atoms with van der Waals surface area (Å²) in [5, 5.41) is 32.8. The summed E-state index contributed by atoms with van der Waals surface area (Å²) in [6.07, 6.45) is 4.10. The normalized spacial score (nSPS) is 14.4. The van der Waals surface area contributed by atoms with Crippen molar-refractivity contribution in [1.29, 1.82) is 0 Å². The van der Waals surface area contributed by atoms with Gasteiger partial charge in [0.2, 0.25) is 5.75 Å². The molecule has 6 heteroatoms. The highest BCUT2D eigenvalue weighted by Crippen LogP contribution is 2.44. The van der Waals surface area contributed by atoms with Gasteiger partial charge in [-0.1, -0.05) is 6.07 Å². The van der Waals surface area contributed by atoms with Gasteiger partial charge >= 0.3 is 0 Å². The number of nitrogens with one attached hydrogen (secondary N) is 1. The zero-order chi connectivity index (χ0) is 15.3. The van der Waals surface area contributed by atoms with Crippen LogP contribution in [0.15, 0.2) is 36.5 Å². The molecule has 22 heavy (non-hydrogen) atoms. The molecule has 0 amide bonds. The molecule has 0 aliphatic heterocycles. The van der Waals surface area contributed by atoms with Crippen LogP contribution in [0.3, 0.4) is 0 Å². The van der Waals surface area contributed by atoms with Gasteiger partial charge < -0.3 is 20.6 Å². The first kappa shape index (κ1) is 12.8. The molecule has 3 aromatic rings. The van der Waals surface area contributed by atoms with E-state index in [1.165, 1.54) is 6.07 Å². The SMILES string of the molecule is Oc1ccc(-c2nc3ccccn3c2NC2CC2)c(O)c1O. The second kappa shape index (κ2) is 4.56. The lowest BCUT2D eigenvalue weighted by atomic mass is 10.1. The van der Waals surface area contributed by atoms with E-state index in [0.29, 0.717) is 17.3 Å². The summed E-state index contributed by atoms with van der Waals surface area (Å²) in [5.74, 6) is -0.491. The van der Waals surface area contributed by atoms with Crippen molar-refractivity contribution < 1.29 is 15.3 Å². The summed E-state index contributed by atoms with van der Waals surface area (Å²) in [5.41, 5.74) is 1.67. The van der Waals surface area contributed by atoms with Gasteiger partial charge in [0.1, 0.15) is 17.2 Å². The minimum absolute atomic E-state index is 0.360. The molecule has 6 nitrogen and oxygen atoms in total. The predicted molar refractivity (Wildman–Crippen MR) is 82.3 cm³/mol. The molecule has 1 aliphatic carbocycles. The van der Waals surface area contributed by atoms with Crippen LogP contribution in [0.1, 0.15) is 12.8 Å². The summed E-state index contributed by atoms with van der Waals surface area (Å²) in [4.78, 5) is 4.54. The monoisotopic (exact) mass is 297 g/mol. The predicted octanol–water partition coefficient (Wildman–Crippen LogP) is 2.69. The third-order valence-corrected chi connectivity index (χ3v) is 3.83. The number of pyridine rings is 1. The number of aromatic hydroxyl groups is 3. The fourth-order valence-electron chi connectivity index (χ4n) is 2.50. The Balaban J connectivity index is 1.95. The van der Waals surface area contributed by atoms with E-state index in [4.69, 9.17) is 0 Å². The minimum Gasteiger partial charge on any atom is -0.504 e. The Bertz CT molecular complexity index is 868. The van der Waals surface area contributed by atoms with Crippen LogP contribution in [0.2, 0.25) is 0 Å². The third-order valence-electron chi connectivity index (χ3n) is 3.83. The summed E-state index contributed by atoms with van der Waals surface area (Å²) >= 11 is 0. The summed E-state index contributed by atoms with van der Waals surface area (Å²) < 4.78 is 1.91. The zero-order valence-electron chi connectivity index (χ0n) is 11.7. The number of fused-ring (bicyclic) bond motifs is 1. The second-order valence-corrected chi connectivity index (χ2v) is 5.49. The number of nitrogens with zero attached hydrogens (tertiary/aromatic N) is 2. The fourth-order valence-corrected chi connectivity index (χ4v) is 2.50. The van der Waals surface area contributed by atoms with E-state index in [-0.39, 0.29) is 11.5 Å². The first-order chi connectivity index (χ1) is 10.6. The lowest BCUT2D eigenvalue weighted by Crippen LogP contribution is -2.04. The smallest absolute Gasteiger partial charge is 0.200 e. The number of aromatic nitrogens is 2. The van der Waals surface area contributed by atoms with Gasteiger partial charge in [-0.05, 0) is 37.1 Å². The molecule has 1 aliphatic rings. The van der Waals surface area contributed by atoms with Crippen molar-refractivity contribution in [3.8, 4) is 28.5 Å². The maximum Gasteiger partial charge on any atom is 0.200 e. The minimum atomic E-state index is -0.535. The Morgan fingerprint density at radius 3 is 2.64 bits per heavy atom.